The normalized spacial score (nSPS) is 9.00. The summed E-state index contributed by atoms with van der Waals surface area (Å²) in [5.41, 5.74) is 1.10. The number of pyridine rings is 1. The molecule has 0 fully saturated rings. The average Bonchev–Trinajstić information content (AvgIpc) is 1.88. The predicted octanol–water partition coefficient (Wildman–Crippen LogP) is 3.97. The van der Waals surface area contributed by atoms with Crippen LogP contribution in [0.15, 0.2) is 16.7 Å². The van der Waals surface area contributed by atoms with E-state index in [1.165, 1.54) is 0 Å². The second-order valence-corrected chi connectivity index (χ2v) is 3.53. The molecule has 0 aliphatic heterocycles. The number of hydrogen-bond acceptors (Lipinski definition) is 1. The maximum atomic E-state index is 5.62. The van der Waals surface area contributed by atoms with Crippen molar-refractivity contribution in [2.75, 3.05) is 0 Å². The number of rotatable bonds is 1. The van der Waals surface area contributed by atoms with Gasteiger partial charge in [0.1, 0.15) is 5.15 Å². The smallest absolute Gasteiger partial charge is 0.130 e. The third-order valence-corrected chi connectivity index (χ3v) is 2.59. The number of aromatic nitrogens is 1. The molecule has 0 radical (unpaired) electrons. The van der Waals surface area contributed by atoms with E-state index in [2.05, 4.69) is 36.8 Å². The van der Waals surface area contributed by atoms with E-state index in [-0.39, 0.29) is 17.0 Å². The van der Waals surface area contributed by atoms with Gasteiger partial charge >= 0.3 is 0 Å². The second kappa shape index (κ2) is 5.51. The Morgan fingerprint density at radius 1 is 1.55 bits per heavy atom. The summed E-state index contributed by atoms with van der Waals surface area (Å²) in [5, 5.41) is 1.30. The fraction of sp³-hybridized carbons (Fsp3) is 0.167. The molecule has 0 saturated heterocycles. The van der Waals surface area contributed by atoms with Gasteiger partial charge in [0.05, 0.1) is 0 Å². The van der Waals surface area contributed by atoms with Crippen LogP contribution >= 0.6 is 60.4 Å². The first-order valence-corrected chi connectivity index (χ1v) is 4.89. The van der Waals surface area contributed by atoms with Gasteiger partial charge in [-0.15, -0.1) is 17.0 Å². The number of hydrogen-bond donors (Lipinski definition) is 0. The summed E-state index contributed by atoms with van der Waals surface area (Å²) < 4.78 is 0.990. The Balaban J connectivity index is 0.000001000. The first-order chi connectivity index (χ1) is 4.74. The van der Waals surface area contributed by atoms with Crippen molar-refractivity contribution in [3.63, 3.8) is 0 Å². The number of alkyl halides is 1. The SMILES string of the molecule is Br.Clc1cc(Br)c(CBr)cn1. The van der Waals surface area contributed by atoms with Gasteiger partial charge in [0.2, 0.25) is 0 Å². The Kier molecular flexibility index (Phi) is 5.95. The third kappa shape index (κ3) is 3.40. The average molecular weight is 366 g/mol. The predicted molar refractivity (Wildman–Crippen MR) is 59.9 cm³/mol. The van der Waals surface area contributed by atoms with Crippen molar-refractivity contribution in [2.24, 2.45) is 0 Å². The van der Waals surface area contributed by atoms with E-state index in [1.54, 1.807) is 12.3 Å². The lowest BCUT2D eigenvalue weighted by Crippen LogP contribution is -1.82. The number of nitrogens with zero attached hydrogens (tertiary/aromatic N) is 1. The van der Waals surface area contributed by atoms with Crippen molar-refractivity contribution in [3.8, 4) is 0 Å². The van der Waals surface area contributed by atoms with E-state index in [4.69, 9.17) is 11.6 Å². The van der Waals surface area contributed by atoms with Gasteiger partial charge in [-0.3, -0.25) is 0 Å². The van der Waals surface area contributed by atoms with Crippen molar-refractivity contribution < 1.29 is 0 Å². The molecule has 0 N–H and O–H groups in total. The molecule has 0 unspecified atom stereocenters. The van der Waals surface area contributed by atoms with Crippen molar-refractivity contribution in [1.82, 2.24) is 4.98 Å². The van der Waals surface area contributed by atoms with E-state index in [1.807, 2.05) is 0 Å². The highest BCUT2D eigenvalue weighted by atomic mass is 79.9. The summed E-state index contributed by atoms with van der Waals surface area (Å²) in [6, 6.07) is 1.78. The van der Waals surface area contributed by atoms with Gasteiger partial charge in [-0.05, 0) is 11.6 Å². The molecule has 0 bridgehead atoms. The summed E-state index contributed by atoms with van der Waals surface area (Å²) in [6.45, 7) is 0. The van der Waals surface area contributed by atoms with Gasteiger partial charge in [0, 0.05) is 16.0 Å². The molecule has 11 heavy (non-hydrogen) atoms. The Morgan fingerprint density at radius 2 is 2.18 bits per heavy atom. The van der Waals surface area contributed by atoms with Crippen LogP contribution in [0.4, 0.5) is 0 Å². The molecule has 1 aromatic heterocycles. The molecule has 1 rings (SSSR count). The van der Waals surface area contributed by atoms with E-state index in [0.29, 0.717) is 5.15 Å². The summed E-state index contributed by atoms with van der Waals surface area (Å²) in [5.74, 6) is 0. The molecule has 5 heteroatoms. The minimum atomic E-state index is 0. The van der Waals surface area contributed by atoms with Crippen molar-refractivity contribution in [3.05, 3.63) is 27.5 Å². The standard InChI is InChI=1S/C6H4Br2ClN.BrH/c7-2-4-3-10-6(9)1-5(4)8;/h1,3H,2H2;1H. The highest BCUT2D eigenvalue weighted by molar-refractivity contribution is 9.10. The summed E-state index contributed by atoms with van der Waals surface area (Å²) >= 11 is 12.3. The Labute approximate surface area is 97.6 Å². The van der Waals surface area contributed by atoms with Crippen LogP contribution in [0.5, 0.6) is 0 Å². The lowest BCUT2D eigenvalue weighted by atomic mass is 10.3. The van der Waals surface area contributed by atoms with Crippen molar-refractivity contribution in [2.45, 2.75) is 5.33 Å². The fourth-order valence-electron chi connectivity index (χ4n) is 0.534. The molecule has 0 aromatic carbocycles. The van der Waals surface area contributed by atoms with E-state index >= 15 is 0 Å². The zero-order valence-electron chi connectivity index (χ0n) is 5.35. The van der Waals surface area contributed by atoms with Gasteiger partial charge in [-0.1, -0.05) is 43.5 Å². The van der Waals surface area contributed by atoms with Gasteiger partial charge < -0.3 is 0 Å². The van der Waals surface area contributed by atoms with Gasteiger partial charge in [-0.25, -0.2) is 4.98 Å². The molecule has 1 aromatic rings. The first kappa shape index (κ1) is 11.9. The van der Waals surface area contributed by atoms with Crippen LogP contribution in [-0.2, 0) is 5.33 Å². The molecule has 0 saturated carbocycles. The molecule has 0 atom stereocenters. The number of halogens is 4. The van der Waals surface area contributed by atoms with E-state index in [0.717, 1.165) is 15.4 Å². The van der Waals surface area contributed by atoms with Gasteiger partial charge in [-0.2, -0.15) is 0 Å². The highest BCUT2D eigenvalue weighted by Gasteiger charge is 1.98. The lowest BCUT2D eigenvalue weighted by molar-refractivity contribution is 1.24. The molecule has 1 nitrogen and oxygen atoms in total. The van der Waals surface area contributed by atoms with Crippen LogP contribution in [0.2, 0.25) is 5.15 Å². The maximum Gasteiger partial charge on any atom is 0.130 e. The molecule has 0 aliphatic rings. The first-order valence-electron chi connectivity index (χ1n) is 2.60. The highest BCUT2D eigenvalue weighted by Crippen LogP contribution is 2.20. The zero-order chi connectivity index (χ0) is 7.56. The second-order valence-electron chi connectivity index (χ2n) is 1.73. The largest absolute Gasteiger partial charge is 0.244 e. The van der Waals surface area contributed by atoms with Crippen LogP contribution in [0.3, 0.4) is 0 Å². The molecule has 62 valence electrons. The summed E-state index contributed by atoms with van der Waals surface area (Å²) in [7, 11) is 0. The minimum absolute atomic E-state index is 0. The third-order valence-electron chi connectivity index (χ3n) is 1.04. The topological polar surface area (TPSA) is 12.9 Å². The summed E-state index contributed by atoms with van der Waals surface area (Å²) in [6.07, 6.45) is 1.74. The van der Waals surface area contributed by atoms with Crippen LogP contribution < -0.4 is 0 Å². The van der Waals surface area contributed by atoms with E-state index < -0.39 is 0 Å². The Bertz CT molecular complexity index is 241. The Hall–Kier alpha value is 0.880. The van der Waals surface area contributed by atoms with Crippen LogP contribution in [-0.4, -0.2) is 4.98 Å². The van der Waals surface area contributed by atoms with Gasteiger partial charge in [0.15, 0.2) is 0 Å². The fourth-order valence-corrected chi connectivity index (χ4v) is 2.11. The zero-order valence-corrected chi connectivity index (χ0v) is 11.0. The van der Waals surface area contributed by atoms with Crippen LogP contribution in [0.25, 0.3) is 0 Å². The van der Waals surface area contributed by atoms with Crippen molar-refractivity contribution >= 4 is 60.4 Å². The lowest BCUT2D eigenvalue weighted by Gasteiger charge is -1.97. The summed E-state index contributed by atoms with van der Waals surface area (Å²) in [4.78, 5) is 3.92. The monoisotopic (exact) mass is 363 g/mol. The van der Waals surface area contributed by atoms with Crippen LogP contribution in [0.1, 0.15) is 5.56 Å². The molecule has 0 spiro atoms. The Morgan fingerprint density at radius 3 is 2.64 bits per heavy atom. The maximum absolute atomic E-state index is 5.62. The molecule has 0 amide bonds. The molecule has 1 heterocycles. The molecular weight excluding hydrogens is 361 g/mol. The van der Waals surface area contributed by atoms with Crippen LogP contribution in [0, 0.1) is 0 Å². The minimum Gasteiger partial charge on any atom is -0.244 e. The molecular formula is C6H5Br3ClN. The van der Waals surface area contributed by atoms with E-state index in [9.17, 15) is 0 Å². The van der Waals surface area contributed by atoms with Crippen molar-refractivity contribution in [1.29, 1.82) is 0 Å². The molecule has 0 aliphatic carbocycles. The van der Waals surface area contributed by atoms with Gasteiger partial charge in [0.25, 0.3) is 0 Å². The quantitative estimate of drug-likeness (QED) is 0.541.